The van der Waals surface area contributed by atoms with E-state index in [0.717, 1.165) is 21.8 Å². The van der Waals surface area contributed by atoms with Crippen molar-refractivity contribution in [1.29, 1.82) is 0 Å². The van der Waals surface area contributed by atoms with Crippen LogP contribution in [-0.2, 0) is 4.74 Å². The Bertz CT molecular complexity index is 1540. The number of amides is 2. The maximum absolute atomic E-state index is 13.1. The van der Waals surface area contributed by atoms with Crippen molar-refractivity contribution < 1.29 is 28.7 Å². The van der Waals surface area contributed by atoms with Gasteiger partial charge in [0.05, 0.1) is 27.3 Å². The molecule has 0 aliphatic carbocycles. The first kappa shape index (κ1) is 24.1. The number of benzene rings is 3. The SMILES string of the molecule is Cc1ccc(C)c(Oc2ccc(N3C(=O)c4ccc(C(=O)OCC(=O)c5cccs5)cc4C3=O)cc2)c1. The van der Waals surface area contributed by atoms with E-state index in [4.69, 9.17) is 9.47 Å². The quantitative estimate of drug-likeness (QED) is 0.172. The van der Waals surface area contributed by atoms with Crippen LogP contribution in [0.2, 0.25) is 0 Å². The Kier molecular flexibility index (Phi) is 6.42. The number of hydrogen-bond acceptors (Lipinski definition) is 7. The summed E-state index contributed by atoms with van der Waals surface area (Å²) in [5, 5.41) is 1.76. The number of Topliss-reactive ketones (excluding diaryl/α,β-unsaturated/α-hetero) is 1. The van der Waals surface area contributed by atoms with Gasteiger partial charge in [0.25, 0.3) is 11.8 Å². The number of anilines is 1. The zero-order valence-corrected chi connectivity index (χ0v) is 20.8. The largest absolute Gasteiger partial charge is 0.457 e. The number of ether oxygens (including phenoxy) is 2. The molecule has 184 valence electrons. The zero-order valence-electron chi connectivity index (χ0n) is 20.0. The lowest BCUT2D eigenvalue weighted by atomic mass is 10.1. The molecule has 5 rings (SSSR count). The van der Waals surface area contributed by atoms with E-state index in [1.165, 1.54) is 29.5 Å². The Morgan fingerprint density at radius 3 is 2.35 bits per heavy atom. The highest BCUT2D eigenvalue weighted by atomic mass is 32.1. The second kappa shape index (κ2) is 9.83. The average Bonchev–Trinajstić information content (AvgIpc) is 3.52. The van der Waals surface area contributed by atoms with Crippen molar-refractivity contribution >= 4 is 40.6 Å². The van der Waals surface area contributed by atoms with Crippen molar-refractivity contribution in [2.75, 3.05) is 11.5 Å². The van der Waals surface area contributed by atoms with Gasteiger partial charge in [0.15, 0.2) is 6.61 Å². The minimum Gasteiger partial charge on any atom is -0.457 e. The Hall–Kier alpha value is -4.56. The minimum absolute atomic E-state index is 0.0815. The van der Waals surface area contributed by atoms with Gasteiger partial charge in [-0.15, -0.1) is 11.3 Å². The van der Waals surface area contributed by atoms with E-state index >= 15 is 0 Å². The molecule has 0 bridgehead atoms. The van der Waals surface area contributed by atoms with E-state index in [1.54, 1.807) is 41.8 Å². The summed E-state index contributed by atoms with van der Waals surface area (Å²) in [6.45, 7) is 3.52. The van der Waals surface area contributed by atoms with Crippen LogP contribution in [0.25, 0.3) is 0 Å². The highest BCUT2D eigenvalue weighted by Crippen LogP contribution is 2.32. The number of esters is 1. The second-order valence-electron chi connectivity index (χ2n) is 8.55. The number of imide groups is 1. The molecule has 4 aromatic rings. The van der Waals surface area contributed by atoms with Gasteiger partial charge in [-0.1, -0.05) is 18.2 Å². The Morgan fingerprint density at radius 2 is 1.62 bits per heavy atom. The molecule has 0 saturated carbocycles. The van der Waals surface area contributed by atoms with Crippen LogP contribution in [0.1, 0.15) is 51.9 Å². The molecule has 2 heterocycles. The van der Waals surface area contributed by atoms with E-state index in [9.17, 15) is 19.2 Å². The monoisotopic (exact) mass is 511 g/mol. The van der Waals surface area contributed by atoms with Gasteiger partial charge >= 0.3 is 5.97 Å². The number of fused-ring (bicyclic) bond motifs is 1. The van der Waals surface area contributed by atoms with Crippen molar-refractivity contribution in [2.45, 2.75) is 13.8 Å². The van der Waals surface area contributed by atoms with Crippen LogP contribution in [-0.4, -0.2) is 30.2 Å². The molecule has 1 aromatic heterocycles. The molecule has 0 unspecified atom stereocenters. The summed E-state index contributed by atoms with van der Waals surface area (Å²) in [6, 6.07) is 20.1. The molecule has 0 N–H and O–H groups in total. The number of carbonyl (C=O) groups excluding carboxylic acids is 4. The highest BCUT2D eigenvalue weighted by Gasteiger charge is 2.37. The molecule has 8 heteroatoms. The predicted octanol–water partition coefficient (Wildman–Crippen LogP) is 6.00. The normalized spacial score (nSPS) is 12.4. The molecule has 0 radical (unpaired) electrons. The van der Waals surface area contributed by atoms with Crippen LogP contribution in [0, 0.1) is 13.8 Å². The van der Waals surface area contributed by atoms with Gasteiger partial charge in [0, 0.05) is 0 Å². The molecule has 0 fully saturated rings. The first-order chi connectivity index (χ1) is 17.8. The number of ketones is 1. The van der Waals surface area contributed by atoms with Crippen molar-refractivity contribution in [3.8, 4) is 11.5 Å². The summed E-state index contributed by atoms with van der Waals surface area (Å²) in [6.07, 6.45) is 0. The summed E-state index contributed by atoms with van der Waals surface area (Å²) in [5.74, 6) is -0.809. The number of rotatable bonds is 7. The third kappa shape index (κ3) is 4.79. The summed E-state index contributed by atoms with van der Waals surface area (Å²) >= 11 is 1.26. The fourth-order valence-electron chi connectivity index (χ4n) is 3.93. The molecule has 1 aliphatic heterocycles. The maximum Gasteiger partial charge on any atom is 0.338 e. The van der Waals surface area contributed by atoms with Gasteiger partial charge in [0.2, 0.25) is 5.78 Å². The molecule has 2 amide bonds. The van der Waals surface area contributed by atoms with Crippen LogP contribution in [0.5, 0.6) is 11.5 Å². The molecule has 0 saturated heterocycles. The summed E-state index contributed by atoms with van der Waals surface area (Å²) in [5.41, 5.74) is 2.80. The summed E-state index contributed by atoms with van der Waals surface area (Å²) in [7, 11) is 0. The van der Waals surface area contributed by atoms with Crippen molar-refractivity contribution in [1.82, 2.24) is 0 Å². The predicted molar refractivity (Wildman–Crippen MR) is 139 cm³/mol. The fraction of sp³-hybridized carbons (Fsp3) is 0.103. The molecule has 0 spiro atoms. The van der Waals surface area contributed by atoms with E-state index in [1.807, 2.05) is 32.0 Å². The van der Waals surface area contributed by atoms with E-state index in [-0.39, 0.29) is 22.5 Å². The van der Waals surface area contributed by atoms with Crippen LogP contribution < -0.4 is 9.64 Å². The lowest BCUT2D eigenvalue weighted by molar-refractivity contribution is 0.0475. The topological polar surface area (TPSA) is 90.0 Å². The number of hydrogen-bond donors (Lipinski definition) is 0. The van der Waals surface area contributed by atoms with Gasteiger partial charge < -0.3 is 9.47 Å². The molecule has 0 atom stereocenters. The highest BCUT2D eigenvalue weighted by molar-refractivity contribution is 7.12. The summed E-state index contributed by atoms with van der Waals surface area (Å²) < 4.78 is 11.1. The first-order valence-electron chi connectivity index (χ1n) is 11.4. The molecule has 7 nitrogen and oxygen atoms in total. The average molecular weight is 512 g/mol. The number of carbonyl (C=O) groups is 4. The molecule has 3 aromatic carbocycles. The lowest BCUT2D eigenvalue weighted by Crippen LogP contribution is -2.29. The minimum atomic E-state index is -0.751. The van der Waals surface area contributed by atoms with E-state index in [2.05, 4.69) is 0 Å². The fourth-order valence-corrected chi connectivity index (χ4v) is 4.58. The number of nitrogens with zero attached hydrogens (tertiary/aromatic N) is 1. The standard InChI is InChI=1S/C29H21NO6S/c1-17-5-6-18(2)25(14-17)36-21-10-8-20(9-11-21)30-27(32)22-12-7-19(15-23(22)28(30)33)29(34)35-16-24(31)26-4-3-13-37-26/h3-15H,16H2,1-2H3. The number of thiophene rings is 1. The van der Waals surface area contributed by atoms with Crippen LogP contribution >= 0.6 is 11.3 Å². The molecule has 37 heavy (non-hydrogen) atoms. The van der Waals surface area contributed by atoms with Crippen LogP contribution in [0.4, 0.5) is 5.69 Å². The zero-order chi connectivity index (χ0) is 26.1. The lowest BCUT2D eigenvalue weighted by Gasteiger charge is -2.15. The number of aryl methyl sites for hydroxylation is 2. The van der Waals surface area contributed by atoms with Crippen LogP contribution in [0.3, 0.4) is 0 Å². The van der Waals surface area contributed by atoms with E-state index in [0.29, 0.717) is 16.3 Å². The van der Waals surface area contributed by atoms with Gasteiger partial charge in [-0.2, -0.15) is 0 Å². The smallest absolute Gasteiger partial charge is 0.338 e. The van der Waals surface area contributed by atoms with Crippen LogP contribution in [0.15, 0.2) is 78.2 Å². The van der Waals surface area contributed by atoms with Crippen molar-refractivity contribution in [3.63, 3.8) is 0 Å². The molecular formula is C29H21NO6S. The van der Waals surface area contributed by atoms with Gasteiger partial charge in [-0.25, -0.2) is 9.69 Å². The Balaban J connectivity index is 1.30. The third-order valence-corrected chi connectivity index (χ3v) is 6.83. The Labute approximate surface area is 216 Å². The van der Waals surface area contributed by atoms with Crippen molar-refractivity contribution in [2.24, 2.45) is 0 Å². The molecular weight excluding hydrogens is 490 g/mol. The first-order valence-corrected chi connectivity index (χ1v) is 12.3. The third-order valence-electron chi connectivity index (χ3n) is 5.92. The second-order valence-corrected chi connectivity index (χ2v) is 9.50. The van der Waals surface area contributed by atoms with Gasteiger partial charge in [-0.05, 0) is 85.0 Å². The van der Waals surface area contributed by atoms with Gasteiger partial charge in [-0.3, -0.25) is 14.4 Å². The molecule has 1 aliphatic rings. The van der Waals surface area contributed by atoms with E-state index < -0.39 is 24.4 Å². The Morgan fingerprint density at radius 1 is 0.865 bits per heavy atom. The maximum atomic E-state index is 13.1. The summed E-state index contributed by atoms with van der Waals surface area (Å²) in [4.78, 5) is 52.3. The van der Waals surface area contributed by atoms with Gasteiger partial charge in [0.1, 0.15) is 11.5 Å². The van der Waals surface area contributed by atoms with Crippen molar-refractivity contribution in [3.05, 3.63) is 111 Å².